The molecule has 0 saturated carbocycles. The Hall–Kier alpha value is -2.93. The van der Waals surface area contributed by atoms with E-state index in [-0.39, 0.29) is 23.8 Å². The van der Waals surface area contributed by atoms with Crippen molar-refractivity contribution < 1.29 is 33.8 Å². The Morgan fingerprint density at radius 3 is 2.08 bits per heavy atom. The predicted octanol–water partition coefficient (Wildman–Crippen LogP) is 3.90. The summed E-state index contributed by atoms with van der Waals surface area (Å²) in [6, 6.07) is -3.97. The predicted molar refractivity (Wildman–Crippen MR) is 198 cm³/mol. The van der Waals surface area contributed by atoms with Crippen LogP contribution >= 0.6 is 11.8 Å². The number of nitrogens with one attached hydrogen (secondary N) is 1. The van der Waals surface area contributed by atoms with Crippen molar-refractivity contribution in [1.82, 2.24) is 20.0 Å². The molecule has 0 fully saturated rings. The molecule has 4 amide bonds. The third-order valence-electron chi connectivity index (χ3n) is 10.4. The molecular formula is C37H63N5O7S. The number of thioether (sulfide) groups is 1. The Kier molecular flexibility index (Phi) is 15.6. The first kappa shape index (κ1) is 43.2. The number of carbonyl (C=O) groups is 5. The number of cyclic esters (lactones) is 1. The van der Waals surface area contributed by atoms with Gasteiger partial charge in [-0.1, -0.05) is 61.0 Å². The van der Waals surface area contributed by atoms with Crippen molar-refractivity contribution in [1.29, 1.82) is 0 Å². The molecule has 50 heavy (non-hydrogen) atoms. The number of rotatable bonds is 2. The number of nitrogens with zero attached hydrogens (tertiary/aromatic N) is 4. The number of likely N-dealkylation sites (N-methyl/N-ethyl adjacent to an activating group) is 3. The minimum Gasteiger partial charge on any atom is -0.460 e. The maximum atomic E-state index is 14.1. The van der Waals surface area contributed by atoms with Gasteiger partial charge in [0.15, 0.2) is 0 Å². The van der Waals surface area contributed by atoms with Gasteiger partial charge in [0.1, 0.15) is 30.3 Å². The summed E-state index contributed by atoms with van der Waals surface area (Å²) in [6.45, 7) is 20.2. The van der Waals surface area contributed by atoms with Crippen molar-refractivity contribution in [2.45, 2.75) is 138 Å². The molecule has 0 aromatic carbocycles. The second kappa shape index (κ2) is 18.0. The highest BCUT2D eigenvalue weighted by molar-refractivity contribution is 8.14. The van der Waals surface area contributed by atoms with Crippen LogP contribution in [-0.4, -0.2) is 124 Å². The molecular weight excluding hydrogens is 659 g/mol. The molecule has 0 aliphatic carbocycles. The zero-order valence-corrected chi connectivity index (χ0v) is 33.6. The first-order chi connectivity index (χ1) is 23.0. The number of carbonyl (C=O) groups excluding carboxylic acids is 5. The van der Waals surface area contributed by atoms with Gasteiger partial charge in [-0.2, -0.15) is 0 Å². The number of aliphatic hydroxyl groups excluding tert-OH is 1. The van der Waals surface area contributed by atoms with Gasteiger partial charge in [0, 0.05) is 38.4 Å². The van der Waals surface area contributed by atoms with Gasteiger partial charge >= 0.3 is 5.97 Å². The largest absolute Gasteiger partial charge is 0.460 e. The van der Waals surface area contributed by atoms with Crippen LogP contribution in [0.5, 0.6) is 0 Å². The number of ether oxygens (including phenoxy) is 1. The van der Waals surface area contributed by atoms with Gasteiger partial charge in [0.2, 0.25) is 23.6 Å². The average Bonchev–Trinajstić information content (AvgIpc) is 3.52. The fraction of sp³-hybridized carbons (Fsp3) is 0.784. The fourth-order valence-electron chi connectivity index (χ4n) is 6.20. The Morgan fingerprint density at radius 1 is 0.940 bits per heavy atom. The van der Waals surface area contributed by atoms with Gasteiger partial charge in [-0.25, -0.2) is 4.79 Å². The topological polar surface area (TPSA) is 149 Å². The number of fused-ring (bicyclic) bond motifs is 1. The maximum Gasteiger partial charge on any atom is 0.328 e. The standard InChI is InChI=1S/C37H63N5O7S/c1-15-21(3)30-35(47)41(13)26(8)36(48)49-29(37(9,10)11)17-20(2)16-28(43)23(5)32-39-27(19-50-32)18-22(4)31(44)38-24(6)33(45)40(12)25(7)34(46)42(30)14/h18,20-21,23-30,43H,15-17,19H2,1-14H3,(H,38,44)/b22-18+/t20-,21-,23-,24-,25-,26-,27-,28-,29-,30-/m0/s1. The van der Waals surface area contributed by atoms with Crippen LogP contribution < -0.4 is 5.32 Å². The zero-order chi connectivity index (χ0) is 38.4. The molecule has 2 aliphatic heterocycles. The molecule has 12 nitrogen and oxygen atoms in total. The third kappa shape index (κ3) is 10.8. The fourth-order valence-corrected chi connectivity index (χ4v) is 7.35. The zero-order valence-electron chi connectivity index (χ0n) is 32.8. The molecule has 10 atom stereocenters. The summed E-state index contributed by atoms with van der Waals surface area (Å²) in [5.41, 5.74) is 0.0000319. The first-order valence-electron chi connectivity index (χ1n) is 17.9. The summed E-state index contributed by atoms with van der Waals surface area (Å²) in [7, 11) is 4.57. The lowest BCUT2D eigenvalue weighted by molar-refractivity contribution is -0.166. The summed E-state index contributed by atoms with van der Waals surface area (Å²) in [6.07, 6.45) is 2.17. The van der Waals surface area contributed by atoms with Crippen molar-refractivity contribution in [2.75, 3.05) is 26.9 Å². The van der Waals surface area contributed by atoms with E-state index in [1.807, 2.05) is 48.5 Å². The first-order valence-corrected chi connectivity index (χ1v) is 18.9. The lowest BCUT2D eigenvalue weighted by Crippen LogP contribution is -2.59. The van der Waals surface area contributed by atoms with Crippen molar-refractivity contribution in [3.63, 3.8) is 0 Å². The molecule has 13 heteroatoms. The molecule has 2 bridgehead atoms. The molecule has 284 valence electrons. The summed E-state index contributed by atoms with van der Waals surface area (Å²) >= 11 is 1.56. The van der Waals surface area contributed by atoms with E-state index in [0.717, 1.165) is 5.04 Å². The lowest BCUT2D eigenvalue weighted by Gasteiger charge is -2.39. The van der Waals surface area contributed by atoms with Crippen molar-refractivity contribution in [3.8, 4) is 0 Å². The van der Waals surface area contributed by atoms with E-state index in [4.69, 9.17) is 9.73 Å². The molecule has 2 N–H and O–H groups in total. The van der Waals surface area contributed by atoms with Gasteiger partial charge < -0.3 is 29.9 Å². The van der Waals surface area contributed by atoms with Crippen LogP contribution in [0.15, 0.2) is 16.6 Å². The molecule has 2 rings (SSSR count). The quantitative estimate of drug-likeness (QED) is 0.408. The number of esters is 1. The van der Waals surface area contributed by atoms with Gasteiger partial charge in [-0.05, 0) is 57.8 Å². The van der Waals surface area contributed by atoms with Gasteiger partial charge in [0.05, 0.1) is 17.2 Å². The van der Waals surface area contributed by atoms with Crippen LogP contribution in [0.3, 0.4) is 0 Å². The van der Waals surface area contributed by atoms with Crippen LogP contribution in [0.2, 0.25) is 0 Å². The molecule has 0 spiro atoms. The second-order valence-electron chi connectivity index (χ2n) is 15.6. The smallest absolute Gasteiger partial charge is 0.328 e. The third-order valence-corrected chi connectivity index (χ3v) is 11.7. The second-order valence-corrected chi connectivity index (χ2v) is 16.7. The van der Waals surface area contributed by atoms with E-state index in [9.17, 15) is 29.1 Å². The van der Waals surface area contributed by atoms with Gasteiger partial charge in [-0.15, -0.1) is 11.8 Å². The van der Waals surface area contributed by atoms with E-state index in [1.54, 1.807) is 45.5 Å². The minimum atomic E-state index is -0.944. The lowest BCUT2D eigenvalue weighted by atomic mass is 9.81. The highest BCUT2D eigenvalue weighted by Crippen LogP contribution is 2.33. The summed E-state index contributed by atoms with van der Waals surface area (Å²) in [5, 5.41) is 14.8. The molecule has 2 aliphatic rings. The molecule has 0 saturated heterocycles. The normalized spacial score (nSPS) is 34.3. The Labute approximate surface area is 304 Å². The van der Waals surface area contributed by atoms with Crippen LogP contribution in [-0.2, 0) is 28.7 Å². The van der Waals surface area contributed by atoms with E-state index in [0.29, 0.717) is 30.6 Å². The van der Waals surface area contributed by atoms with Crippen LogP contribution in [0.1, 0.15) is 95.4 Å². The molecule has 0 aromatic heterocycles. The van der Waals surface area contributed by atoms with Crippen molar-refractivity contribution in [2.24, 2.45) is 28.2 Å². The van der Waals surface area contributed by atoms with Gasteiger partial charge in [0.25, 0.3) is 0 Å². The maximum absolute atomic E-state index is 14.1. The number of hydrogen-bond donors (Lipinski definition) is 2. The van der Waals surface area contributed by atoms with Crippen LogP contribution in [0.25, 0.3) is 0 Å². The summed E-state index contributed by atoms with van der Waals surface area (Å²) in [5.74, 6) is -2.15. The van der Waals surface area contributed by atoms with Crippen LogP contribution in [0.4, 0.5) is 0 Å². The number of aliphatic imine (C=N–C) groups is 1. The summed E-state index contributed by atoms with van der Waals surface area (Å²) in [4.78, 5) is 76.8. The highest BCUT2D eigenvalue weighted by Gasteiger charge is 2.40. The molecule has 2 heterocycles. The highest BCUT2D eigenvalue weighted by atomic mass is 32.2. The number of aliphatic hydroxyl groups is 1. The minimum absolute atomic E-state index is 0.00141. The van der Waals surface area contributed by atoms with E-state index in [2.05, 4.69) is 5.32 Å². The van der Waals surface area contributed by atoms with E-state index >= 15 is 0 Å². The Balaban J connectivity index is 2.53. The van der Waals surface area contributed by atoms with E-state index in [1.165, 1.54) is 35.8 Å². The van der Waals surface area contributed by atoms with Crippen LogP contribution in [0, 0.1) is 23.2 Å². The molecule has 0 aromatic rings. The SMILES string of the molecule is CC[C@H](C)[C@H]1C(=O)N(C)[C@@H](C)C(=O)O[C@H](C(C)(C)C)C[C@@H](C)C[C@H](O)[C@H](C)C2=N[C@@H](/C=C(\C)C(=O)N[C@@H](C)C(=O)N(C)[C@@H](C)C(=O)N1C)CS2. The number of amides is 4. The van der Waals surface area contributed by atoms with E-state index < -0.39 is 71.4 Å². The molecule has 0 unspecified atom stereocenters. The van der Waals surface area contributed by atoms with Crippen molar-refractivity contribution in [3.05, 3.63) is 11.6 Å². The van der Waals surface area contributed by atoms with Crippen molar-refractivity contribution >= 4 is 46.4 Å². The van der Waals surface area contributed by atoms with Gasteiger partial charge in [-0.3, -0.25) is 24.2 Å². The monoisotopic (exact) mass is 721 g/mol. The summed E-state index contributed by atoms with van der Waals surface area (Å²) < 4.78 is 6.11. The molecule has 0 radical (unpaired) electrons. The Bertz CT molecular complexity index is 1310. The average molecular weight is 722 g/mol. The Morgan fingerprint density at radius 2 is 1.52 bits per heavy atom. The number of hydrogen-bond acceptors (Lipinski definition) is 9.